The van der Waals surface area contributed by atoms with Gasteiger partial charge in [-0.15, -0.1) is 0 Å². The lowest BCUT2D eigenvalue weighted by molar-refractivity contribution is 0.306. The number of hydrogen-bond acceptors (Lipinski definition) is 4. The molecule has 0 atom stereocenters. The van der Waals surface area contributed by atoms with Crippen molar-refractivity contribution in [2.45, 2.75) is 11.5 Å². The molecule has 0 aliphatic rings. The highest BCUT2D eigenvalue weighted by Crippen LogP contribution is 2.22. The summed E-state index contributed by atoms with van der Waals surface area (Å²) in [7, 11) is -3.69. The van der Waals surface area contributed by atoms with E-state index in [1.165, 1.54) is 18.3 Å². The van der Waals surface area contributed by atoms with E-state index in [2.05, 4.69) is 25.9 Å². The third-order valence-corrected chi connectivity index (χ3v) is 5.61. The number of nitrogens with zero attached hydrogens (tertiary/aromatic N) is 1. The number of benzene rings is 3. The number of hydrazone groups is 1. The summed E-state index contributed by atoms with van der Waals surface area (Å²) in [6.07, 6.45) is 1.43. The van der Waals surface area contributed by atoms with Gasteiger partial charge in [0.25, 0.3) is 10.0 Å². The van der Waals surface area contributed by atoms with Crippen LogP contribution in [0.1, 0.15) is 11.1 Å². The third-order valence-electron chi connectivity index (χ3n) is 3.65. The molecule has 0 unspecified atom stereocenters. The van der Waals surface area contributed by atoms with Crippen LogP contribution in [0.15, 0.2) is 93.3 Å². The minimum absolute atomic E-state index is 0.154. The summed E-state index contributed by atoms with van der Waals surface area (Å²) in [5.41, 5.74) is 1.75. The second-order valence-corrected chi connectivity index (χ2v) is 8.14. The first-order valence-corrected chi connectivity index (χ1v) is 10.4. The van der Waals surface area contributed by atoms with Crippen molar-refractivity contribution in [2.24, 2.45) is 5.10 Å². The van der Waals surface area contributed by atoms with E-state index in [1.54, 1.807) is 24.3 Å². The van der Waals surface area contributed by atoms with Gasteiger partial charge in [-0.1, -0.05) is 64.5 Å². The number of sulfonamides is 1. The smallest absolute Gasteiger partial charge is 0.276 e. The van der Waals surface area contributed by atoms with Gasteiger partial charge in [-0.2, -0.15) is 13.5 Å². The molecule has 0 aliphatic carbocycles. The monoisotopic (exact) mass is 444 g/mol. The van der Waals surface area contributed by atoms with Crippen molar-refractivity contribution in [3.8, 4) is 5.75 Å². The van der Waals surface area contributed by atoms with E-state index >= 15 is 0 Å². The predicted octanol–water partition coefficient (Wildman–Crippen LogP) is 4.34. The fraction of sp³-hybridized carbons (Fsp3) is 0.0500. The molecule has 138 valence electrons. The summed E-state index contributed by atoms with van der Waals surface area (Å²) in [6, 6.07) is 23.4. The Balaban J connectivity index is 1.68. The van der Waals surface area contributed by atoms with E-state index in [0.717, 1.165) is 10.0 Å². The average molecular weight is 445 g/mol. The lowest BCUT2D eigenvalue weighted by atomic mass is 10.2. The zero-order valence-electron chi connectivity index (χ0n) is 14.2. The molecule has 7 heteroatoms. The van der Waals surface area contributed by atoms with Gasteiger partial charge in [0.05, 0.1) is 11.1 Å². The zero-order valence-corrected chi connectivity index (χ0v) is 16.7. The molecule has 5 nitrogen and oxygen atoms in total. The fourth-order valence-electron chi connectivity index (χ4n) is 2.27. The lowest BCUT2D eigenvalue weighted by Crippen LogP contribution is -2.18. The third kappa shape index (κ3) is 5.42. The number of nitrogens with one attached hydrogen (secondary N) is 1. The van der Waals surface area contributed by atoms with Gasteiger partial charge >= 0.3 is 0 Å². The number of rotatable bonds is 7. The van der Waals surface area contributed by atoms with Gasteiger partial charge in [0.2, 0.25) is 0 Å². The first-order chi connectivity index (χ1) is 13.0. The van der Waals surface area contributed by atoms with Crippen LogP contribution < -0.4 is 9.57 Å². The second-order valence-electron chi connectivity index (χ2n) is 5.62. The maximum absolute atomic E-state index is 12.2. The molecule has 0 saturated heterocycles. The maximum Gasteiger partial charge on any atom is 0.276 e. The lowest BCUT2D eigenvalue weighted by Gasteiger charge is -2.08. The van der Waals surface area contributed by atoms with Gasteiger partial charge in [-0.05, 0) is 35.9 Å². The number of ether oxygens (including phenoxy) is 1. The molecule has 0 spiro atoms. The van der Waals surface area contributed by atoms with Crippen molar-refractivity contribution in [3.05, 3.63) is 94.5 Å². The van der Waals surface area contributed by atoms with Crippen LogP contribution in [-0.2, 0) is 16.6 Å². The Kier molecular flexibility index (Phi) is 6.26. The average Bonchev–Trinajstić information content (AvgIpc) is 2.70. The Morgan fingerprint density at radius 3 is 2.33 bits per heavy atom. The van der Waals surface area contributed by atoms with Gasteiger partial charge < -0.3 is 4.74 Å². The summed E-state index contributed by atoms with van der Waals surface area (Å²) in [4.78, 5) is 2.36. The molecule has 0 aromatic heterocycles. The highest BCUT2D eigenvalue weighted by atomic mass is 79.9. The van der Waals surface area contributed by atoms with E-state index in [4.69, 9.17) is 4.74 Å². The zero-order chi connectivity index (χ0) is 19.1. The van der Waals surface area contributed by atoms with Gasteiger partial charge in [-0.3, -0.25) is 0 Å². The molecule has 3 rings (SSSR count). The topological polar surface area (TPSA) is 67.8 Å². The molecule has 0 fully saturated rings. The second kappa shape index (κ2) is 8.83. The van der Waals surface area contributed by atoms with Crippen LogP contribution in [0.5, 0.6) is 5.75 Å². The summed E-state index contributed by atoms with van der Waals surface area (Å²) < 4.78 is 30.9. The Morgan fingerprint density at radius 2 is 1.63 bits per heavy atom. The van der Waals surface area contributed by atoms with E-state index in [1.807, 2.05) is 42.5 Å². The minimum Gasteiger partial charge on any atom is -0.489 e. The molecule has 3 aromatic carbocycles. The van der Waals surface area contributed by atoms with Crippen molar-refractivity contribution < 1.29 is 13.2 Å². The maximum atomic E-state index is 12.2. The normalized spacial score (nSPS) is 11.4. The first-order valence-electron chi connectivity index (χ1n) is 8.11. The SMILES string of the molecule is O=S(=O)(N/N=C/c1cc(OCc2ccccc2)ccc1Br)c1ccccc1. The van der Waals surface area contributed by atoms with E-state index in [9.17, 15) is 8.42 Å². The quantitative estimate of drug-likeness (QED) is 0.435. The summed E-state index contributed by atoms with van der Waals surface area (Å²) in [5, 5.41) is 3.86. The van der Waals surface area contributed by atoms with E-state index < -0.39 is 10.0 Å². The predicted molar refractivity (Wildman–Crippen MR) is 109 cm³/mol. The molecule has 0 bridgehead atoms. The van der Waals surface area contributed by atoms with Crippen molar-refractivity contribution in [3.63, 3.8) is 0 Å². The van der Waals surface area contributed by atoms with Gasteiger partial charge in [0.1, 0.15) is 12.4 Å². The van der Waals surface area contributed by atoms with Gasteiger partial charge in [0.15, 0.2) is 0 Å². The molecular formula is C20H17BrN2O3S. The van der Waals surface area contributed by atoms with Gasteiger partial charge in [0, 0.05) is 10.0 Å². The summed E-state index contributed by atoms with van der Waals surface area (Å²) in [6.45, 7) is 0.444. The molecule has 0 saturated carbocycles. The van der Waals surface area contributed by atoms with E-state index in [-0.39, 0.29) is 4.90 Å². The number of halogens is 1. The molecule has 1 N–H and O–H groups in total. The van der Waals surface area contributed by atoms with Crippen LogP contribution in [-0.4, -0.2) is 14.6 Å². The molecule has 0 radical (unpaired) electrons. The minimum atomic E-state index is -3.69. The highest BCUT2D eigenvalue weighted by Gasteiger charge is 2.11. The largest absolute Gasteiger partial charge is 0.489 e. The molecule has 0 amide bonds. The van der Waals surface area contributed by atoms with Crippen LogP contribution in [0, 0.1) is 0 Å². The Labute approximate surface area is 166 Å². The van der Waals surface area contributed by atoms with E-state index in [0.29, 0.717) is 17.9 Å². The van der Waals surface area contributed by atoms with Crippen LogP contribution in [0.2, 0.25) is 0 Å². The van der Waals surface area contributed by atoms with Crippen LogP contribution >= 0.6 is 15.9 Å². The first kappa shape index (κ1) is 19.1. The van der Waals surface area contributed by atoms with Crippen molar-refractivity contribution in [1.29, 1.82) is 0 Å². The molecule has 0 heterocycles. The van der Waals surface area contributed by atoms with Gasteiger partial charge in [-0.25, -0.2) is 4.83 Å². The Bertz CT molecular complexity index is 1020. The highest BCUT2D eigenvalue weighted by molar-refractivity contribution is 9.10. The summed E-state index contributed by atoms with van der Waals surface area (Å²) in [5.74, 6) is 0.661. The summed E-state index contributed by atoms with van der Waals surface area (Å²) >= 11 is 3.43. The molecule has 27 heavy (non-hydrogen) atoms. The molecular weight excluding hydrogens is 428 g/mol. The van der Waals surface area contributed by atoms with Crippen LogP contribution in [0.25, 0.3) is 0 Å². The van der Waals surface area contributed by atoms with Crippen molar-refractivity contribution in [1.82, 2.24) is 4.83 Å². The van der Waals surface area contributed by atoms with Crippen LogP contribution in [0.3, 0.4) is 0 Å². The Morgan fingerprint density at radius 1 is 0.963 bits per heavy atom. The number of hydrogen-bond donors (Lipinski definition) is 1. The van der Waals surface area contributed by atoms with Crippen LogP contribution in [0.4, 0.5) is 0 Å². The van der Waals surface area contributed by atoms with Crippen molar-refractivity contribution >= 4 is 32.2 Å². The fourth-order valence-corrected chi connectivity index (χ4v) is 3.43. The van der Waals surface area contributed by atoms with Crippen molar-refractivity contribution in [2.75, 3.05) is 0 Å². The molecule has 0 aliphatic heterocycles. The standard InChI is InChI=1S/C20H17BrN2O3S/c21-20-12-11-18(26-15-16-7-3-1-4-8-16)13-17(20)14-22-23-27(24,25)19-9-5-2-6-10-19/h1-14,23H,15H2/b22-14+. The molecule has 3 aromatic rings. The Hall–Kier alpha value is -2.64.